The number of aromatic amines is 1. The van der Waals surface area contributed by atoms with Crippen LogP contribution in [0.4, 0.5) is 11.9 Å². The summed E-state index contributed by atoms with van der Waals surface area (Å²) in [5.74, 6) is 1.03. The molecule has 3 aromatic heterocycles. The predicted molar refractivity (Wildman–Crippen MR) is 50.4 cm³/mol. The zero-order valence-electron chi connectivity index (χ0n) is 7.49. The minimum atomic E-state index is 0.505. The smallest absolute Gasteiger partial charge is 0.235 e. The number of nitrogens with one attached hydrogen (secondary N) is 2. The van der Waals surface area contributed by atoms with Crippen molar-refractivity contribution in [3.8, 4) is 0 Å². The molecule has 3 heterocycles. The van der Waals surface area contributed by atoms with Crippen molar-refractivity contribution in [2.24, 2.45) is 0 Å². The summed E-state index contributed by atoms with van der Waals surface area (Å²) >= 11 is 0. The number of hydrogen-bond acceptors (Lipinski definition) is 6. The summed E-state index contributed by atoms with van der Waals surface area (Å²) in [5, 5.41) is 17.1. The highest BCUT2D eigenvalue weighted by molar-refractivity contribution is 5.51. The van der Waals surface area contributed by atoms with E-state index < -0.39 is 0 Å². The van der Waals surface area contributed by atoms with E-state index in [0.717, 1.165) is 5.52 Å². The van der Waals surface area contributed by atoms with Gasteiger partial charge in [-0.3, -0.25) is 9.72 Å². The molecule has 74 valence electrons. The Balaban J connectivity index is 2.07. The van der Waals surface area contributed by atoms with Crippen molar-refractivity contribution in [1.82, 2.24) is 34.8 Å². The number of fused-ring (bicyclic) bond motifs is 1. The van der Waals surface area contributed by atoms with E-state index in [9.17, 15) is 0 Å². The van der Waals surface area contributed by atoms with Crippen molar-refractivity contribution >= 4 is 17.4 Å². The summed E-state index contributed by atoms with van der Waals surface area (Å²) in [4.78, 5) is 7.91. The average Bonchev–Trinajstić information content (AvgIpc) is 2.87. The molecule has 0 saturated heterocycles. The van der Waals surface area contributed by atoms with Crippen LogP contribution in [-0.2, 0) is 0 Å². The average molecular weight is 202 g/mol. The molecule has 0 unspecified atom stereocenters. The lowest BCUT2D eigenvalue weighted by atomic mass is 10.6. The van der Waals surface area contributed by atoms with Crippen LogP contribution in [0.1, 0.15) is 0 Å². The quantitative estimate of drug-likeness (QED) is 0.606. The highest BCUT2D eigenvalue weighted by Gasteiger charge is 2.03. The standard InChI is InChI=1S/C7H6N8/c1-5-2-10-14-7(15(5)4-8-1)12-6-9-3-11-13-6/h1-4H,(H2,9,11,12,13,14). The minimum absolute atomic E-state index is 0.505. The van der Waals surface area contributed by atoms with Crippen molar-refractivity contribution in [3.05, 3.63) is 25.0 Å². The van der Waals surface area contributed by atoms with Crippen molar-refractivity contribution in [1.29, 1.82) is 0 Å². The number of imidazole rings is 1. The van der Waals surface area contributed by atoms with Gasteiger partial charge in [0.2, 0.25) is 11.9 Å². The maximum Gasteiger partial charge on any atom is 0.235 e. The molecule has 0 aliphatic rings. The summed E-state index contributed by atoms with van der Waals surface area (Å²) in [6.07, 6.45) is 6.37. The Hall–Kier alpha value is -2.51. The fourth-order valence-corrected chi connectivity index (χ4v) is 1.23. The van der Waals surface area contributed by atoms with Gasteiger partial charge >= 0.3 is 0 Å². The van der Waals surface area contributed by atoms with Crippen molar-refractivity contribution in [2.45, 2.75) is 0 Å². The molecule has 3 aromatic rings. The van der Waals surface area contributed by atoms with Gasteiger partial charge in [-0.2, -0.15) is 15.2 Å². The van der Waals surface area contributed by atoms with E-state index in [-0.39, 0.29) is 0 Å². The topological polar surface area (TPSA) is 96.7 Å². The fourth-order valence-electron chi connectivity index (χ4n) is 1.23. The Kier molecular flexibility index (Phi) is 1.58. The maximum absolute atomic E-state index is 3.99. The molecule has 0 aliphatic heterocycles. The van der Waals surface area contributed by atoms with Crippen LogP contribution < -0.4 is 5.32 Å². The SMILES string of the molecule is c1n[nH]c(Nc2nncc3cncn23)n1. The highest BCUT2D eigenvalue weighted by Crippen LogP contribution is 2.09. The third kappa shape index (κ3) is 1.27. The third-order valence-corrected chi connectivity index (χ3v) is 1.88. The van der Waals surface area contributed by atoms with Gasteiger partial charge in [0.15, 0.2) is 0 Å². The lowest BCUT2D eigenvalue weighted by molar-refractivity contribution is 0.948. The van der Waals surface area contributed by atoms with Gasteiger partial charge in [0, 0.05) is 0 Å². The van der Waals surface area contributed by atoms with Crippen LogP contribution in [0.25, 0.3) is 5.52 Å². The van der Waals surface area contributed by atoms with Crippen molar-refractivity contribution < 1.29 is 0 Å². The van der Waals surface area contributed by atoms with Crippen LogP contribution >= 0.6 is 0 Å². The number of hydrogen-bond donors (Lipinski definition) is 2. The summed E-state index contributed by atoms with van der Waals surface area (Å²) in [7, 11) is 0. The predicted octanol–water partition coefficient (Wildman–Crippen LogP) is -0.0140. The van der Waals surface area contributed by atoms with Gasteiger partial charge in [0.25, 0.3) is 0 Å². The zero-order chi connectivity index (χ0) is 10.1. The molecule has 2 N–H and O–H groups in total. The van der Waals surface area contributed by atoms with Crippen LogP contribution in [0, 0.1) is 0 Å². The van der Waals surface area contributed by atoms with E-state index >= 15 is 0 Å². The zero-order valence-corrected chi connectivity index (χ0v) is 7.49. The summed E-state index contributed by atoms with van der Waals surface area (Å²) in [6.45, 7) is 0. The van der Waals surface area contributed by atoms with Gasteiger partial charge < -0.3 is 0 Å². The number of anilines is 2. The molecular formula is C7H6N8. The molecule has 0 bridgehead atoms. The number of nitrogens with zero attached hydrogens (tertiary/aromatic N) is 6. The molecule has 0 radical (unpaired) electrons. The molecule has 0 fully saturated rings. The number of H-pyrrole nitrogens is 1. The Morgan fingerprint density at radius 1 is 1.33 bits per heavy atom. The molecule has 0 aliphatic carbocycles. The van der Waals surface area contributed by atoms with Gasteiger partial charge in [0.05, 0.1) is 17.9 Å². The van der Waals surface area contributed by atoms with Gasteiger partial charge in [-0.1, -0.05) is 0 Å². The molecular weight excluding hydrogens is 196 g/mol. The molecule has 0 aromatic carbocycles. The van der Waals surface area contributed by atoms with Crippen LogP contribution in [0.5, 0.6) is 0 Å². The molecule has 8 nitrogen and oxygen atoms in total. The lowest BCUT2D eigenvalue weighted by Gasteiger charge is -2.02. The van der Waals surface area contributed by atoms with Crippen LogP contribution in [0.3, 0.4) is 0 Å². The lowest BCUT2D eigenvalue weighted by Crippen LogP contribution is -2.03. The van der Waals surface area contributed by atoms with Crippen LogP contribution in [0.2, 0.25) is 0 Å². The Morgan fingerprint density at radius 3 is 3.20 bits per heavy atom. The molecule has 8 heteroatoms. The first-order chi connectivity index (χ1) is 7.43. The van der Waals surface area contributed by atoms with Gasteiger partial charge in [-0.25, -0.2) is 10.1 Å². The number of aromatic nitrogens is 7. The fraction of sp³-hybridized carbons (Fsp3) is 0. The second-order valence-electron chi connectivity index (χ2n) is 2.82. The normalized spacial score (nSPS) is 10.7. The first-order valence-electron chi connectivity index (χ1n) is 4.19. The molecule has 3 rings (SSSR count). The Morgan fingerprint density at radius 2 is 2.33 bits per heavy atom. The van der Waals surface area contributed by atoms with Gasteiger partial charge in [-0.15, -0.1) is 5.10 Å². The molecule has 0 amide bonds. The summed E-state index contributed by atoms with van der Waals surface area (Å²) in [6, 6.07) is 0. The Labute approximate surface area is 83.4 Å². The summed E-state index contributed by atoms with van der Waals surface area (Å²) in [5.41, 5.74) is 0.854. The van der Waals surface area contributed by atoms with E-state index in [4.69, 9.17) is 0 Å². The first kappa shape index (κ1) is 7.85. The van der Waals surface area contributed by atoms with E-state index in [1.807, 2.05) is 0 Å². The van der Waals surface area contributed by atoms with E-state index in [1.54, 1.807) is 23.1 Å². The van der Waals surface area contributed by atoms with Crippen LogP contribution in [0.15, 0.2) is 25.0 Å². The Bertz CT molecular complexity index is 567. The van der Waals surface area contributed by atoms with E-state index in [0.29, 0.717) is 11.9 Å². The third-order valence-electron chi connectivity index (χ3n) is 1.88. The molecule has 0 saturated carbocycles. The van der Waals surface area contributed by atoms with Crippen LogP contribution in [-0.4, -0.2) is 34.8 Å². The van der Waals surface area contributed by atoms with Gasteiger partial charge in [0.1, 0.15) is 12.7 Å². The van der Waals surface area contributed by atoms with Crippen molar-refractivity contribution in [3.63, 3.8) is 0 Å². The van der Waals surface area contributed by atoms with Gasteiger partial charge in [-0.05, 0) is 0 Å². The molecule has 15 heavy (non-hydrogen) atoms. The highest BCUT2D eigenvalue weighted by atomic mass is 15.3. The second kappa shape index (κ2) is 3.01. The van der Waals surface area contributed by atoms with E-state index in [2.05, 4.69) is 35.7 Å². The molecule has 0 spiro atoms. The number of rotatable bonds is 2. The second-order valence-corrected chi connectivity index (χ2v) is 2.82. The van der Waals surface area contributed by atoms with E-state index in [1.165, 1.54) is 6.33 Å². The maximum atomic E-state index is 3.99. The first-order valence-corrected chi connectivity index (χ1v) is 4.19. The minimum Gasteiger partial charge on any atom is -0.293 e. The largest absolute Gasteiger partial charge is 0.293 e. The monoisotopic (exact) mass is 202 g/mol. The van der Waals surface area contributed by atoms with Crippen molar-refractivity contribution in [2.75, 3.05) is 5.32 Å². The summed E-state index contributed by atoms with van der Waals surface area (Å²) < 4.78 is 1.76. The molecule has 0 atom stereocenters.